The molecule has 0 heterocycles. The molecule has 0 unspecified atom stereocenters. The van der Waals surface area contributed by atoms with Gasteiger partial charge in [0.2, 0.25) is 0 Å². The summed E-state index contributed by atoms with van der Waals surface area (Å²) in [5.74, 6) is -0.0477. The van der Waals surface area contributed by atoms with E-state index in [0.29, 0.717) is 16.9 Å². The van der Waals surface area contributed by atoms with E-state index < -0.39 is 5.97 Å². The summed E-state index contributed by atoms with van der Waals surface area (Å²) in [6.45, 7) is 8.37. The number of carbonyl (C=O) groups excluding carboxylic acids is 2. The van der Waals surface area contributed by atoms with E-state index in [0.717, 1.165) is 16.7 Å². The molecule has 0 atom stereocenters. The van der Waals surface area contributed by atoms with Crippen LogP contribution in [0.4, 0.5) is 0 Å². The summed E-state index contributed by atoms with van der Waals surface area (Å²) in [6.07, 6.45) is 3.24. The van der Waals surface area contributed by atoms with Crippen molar-refractivity contribution in [2.45, 2.75) is 33.1 Å². The van der Waals surface area contributed by atoms with Crippen molar-refractivity contribution < 1.29 is 14.3 Å². The molecule has 3 nitrogen and oxygen atoms in total. The van der Waals surface area contributed by atoms with Crippen molar-refractivity contribution in [1.29, 1.82) is 0 Å². The molecule has 3 heteroatoms. The van der Waals surface area contributed by atoms with Crippen molar-refractivity contribution in [3.63, 3.8) is 0 Å². The van der Waals surface area contributed by atoms with Crippen LogP contribution in [0.15, 0.2) is 78.9 Å². The molecule has 0 saturated heterocycles. The first-order valence-electron chi connectivity index (χ1n) is 9.94. The number of hydrogen-bond acceptors (Lipinski definition) is 3. The molecule has 3 aromatic rings. The van der Waals surface area contributed by atoms with Crippen LogP contribution >= 0.6 is 0 Å². The van der Waals surface area contributed by atoms with Crippen LogP contribution in [-0.4, -0.2) is 11.8 Å². The van der Waals surface area contributed by atoms with Gasteiger partial charge in [0.05, 0.1) is 5.56 Å². The fourth-order valence-electron chi connectivity index (χ4n) is 2.94. The Hall–Kier alpha value is -3.46. The van der Waals surface area contributed by atoms with Gasteiger partial charge in [0.1, 0.15) is 5.75 Å². The van der Waals surface area contributed by atoms with Gasteiger partial charge in [-0.15, -0.1) is 0 Å². The minimum atomic E-state index is -0.410. The van der Waals surface area contributed by atoms with E-state index in [1.807, 2.05) is 49.4 Å². The van der Waals surface area contributed by atoms with Gasteiger partial charge < -0.3 is 4.74 Å². The molecule has 30 heavy (non-hydrogen) atoms. The zero-order valence-electron chi connectivity index (χ0n) is 17.8. The van der Waals surface area contributed by atoms with Crippen LogP contribution in [0.5, 0.6) is 5.75 Å². The molecule has 0 amide bonds. The van der Waals surface area contributed by atoms with E-state index >= 15 is 0 Å². The van der Waals surface area contributed by atoms with Gasteiger partial charge in [-0.25, -0.2) is 4.79 Å². The molecule has 3 rings (SSSR count). The monoisotopic (exact) mass is 398 g/mol. The van der Waals surface area contributed by atoms with Gasteiger partial charge in [0.15, 0.2) is 5.78 Å². The third kappa shape index (κ3) is 5.54. The Morgan fingerprint density at radius 2 is 1.47 bits per heavy atom. The number of esters is 1. The van der Waals surface area contributed by atoms with E-state index in [4.69, 9.17) is 4.74 Å². The Balaban J connectivity index is 1.68. The molecule has 0 aromatic heterocycles. The minimum absolute atomic E-state index is 0.0269. The van der Waals surface area contributed by atoms with Crippen LogP contribution in [0.3, 0.4) is 0 Å². The maximum Gasteiger partial charge on any atom is 0.343 e. The lowest BCUT2D eigenvalue weighted by atomic mass is 9.87. The zero-order chi connectivity index (χ0) is 21.7. The molecular formula is C27H26O3. The standard InChI is InChI=1S/C27H26O3/c1-19-8-11-21(12-9-19)25(28)17-10-20-6-5-7-24(18-20)30-26(29)22-13-15-23(16-14-22)27(2,3)4/h5-18H,1-4H3. The van der Waals surface area contributed by atoms with E-state index in [2.05, 4.69) is 20.8 Å². The smallest absolute Gasteiger partial charge is 0.343 e. The number of carbonyl (C=O) groups is 2. The molecule has 0 spiro atoms. The zero-order valence-corrected chi connectivity index (χ0v) is 17.8. The average Bonchev–Trinajstić information content (AvgIpc) is 2.72. The molecular weight excluding hydrogens is 372 g/mol. The van der Waals surface area contributed by atoms with Crippen molar-refractivity contribution in [1.82, 2.24) is 0 Å². The topological polar surface area (TPSA) is 43.4 Å². The van der Waals surface area contributed by atoms with Gasteiger partial charge in [-0.1, -0.05) is 80.9 Å². The predicted molar refractivity (Wildman–Crippen MR) is 121 cm³/mol. The fraction of sp³-hybridized carbons (Fsp3) is 0.185. The van der Waals surface area contributed by atoms with E-state index in [-0.39, 0.29) is 11.2 Å². The molecule has 0 radical (unpaired) electrons. The number of benzene rings is 3. The summed E-state index contributed by atoms with van der Waals surface area (Å²) in [5.41, 5.74) is 4.21. The van der Waals surface area contributed by atoms with Crippen LogP contribution in [0, 0.1) is 6.92 Å². The van der Waals surface area contributed by atoms with Crippen molar-refractivity contribution >= 4 is 17.8 Å². The highest BCUT2D eigenvalue weighted by Crippen LogP contribution is 2.23. The second kappa shape index (κ2) is 8.91. The number of ketones is 1. The molecule has 0 aliphatic carbocycles. The lowest BCUT2D eigenvalue weighted by molar-refractivity contribution is 0.0734. The molecule has 3 aromatic carbocycles. The summed E-state index contributed by atoms with van der Waals surface area (Å²) in [7, 11) is 0. The summed E-state index contributed by atoms with van der Waals surface area (Å²) in [4.78, 5) is 24.8. The number of aryl methyl sites for hydroxylation is 1. The first kappa shape index (κ1) is 21.3. The van der Waals surface area contributed by atoms with Crippen LogP contribution in [-0.2, 0) is 5.41 Å². The first-order chi connectivity index (χ1) is 14.2. The Morgan fingerprint density at radius 3 is 2.10 bits per heavy atom. The number of rotatable bonds is 5. The third-order valence-corrected chi connectivity index (χ3v) is 4.82. The Bertz CT molecular complexity index is 1070. The highest BCUT2D eigenvalue weighted by Gasteiger charge is 2.15. The molecule has 0 fully saturated rings. The quantitative estimate of drug-likeness (QED) is 0.216. The van der Waals surface area contributed by atoms with Crippen LogP contribution in [0.1, 0.15) is 58.2 Å². The number of hydrogen-bond donors (Lipinski definition) is 0. The highest BCUT2D eigenvalue weighted by atomic mass is 16.5. The maximum atomic E-state index is 12.5. The second-order valence-corrected chi connectivity index (χ2v) is 8.35. The number of ether oxygens (including phenoxy) is 1. The van der Waals surface area contributed by atoms with Crippen LogP contribution in [0.2, 0.25) is 0 Å². The van der Waals surface area contributed by atoms with E-state index in [1.54, 1.807) is 36.4 Å². The van der Waals surface area contributed by atoms with E-state index in [1.165, 1.54) is 6.08 Å². The Kier molecular flexibility index (Phi) is 6.31. The second-order valence-electron chi connectivity index (χ2n) is 8.35. The molecule has 0 saturated carbocycles. The first-order valence-corrected chi connectivity index (χ1v) is 9.94. The lowest BCUT2D eigenvalue weighted by Gasteiger charge is -2.18. The third-order valence-electron chi connectivity index (χ3n) is 4.82. The lowest BCUT2D eigenvalue weighted by Crippen LogP contribution is -2.12. The van der Waals surface area contributed by atoms with Crippen molar-refractivity contribution in [2.75, 3.05) is 0 Å². The highest BCUT2D eigenvalue weighted by molar-refractivity contribution is 6.06. The molecule has 0 aliphatic heterocycles. The van der Waals surface area contributed by atoms with Gasteiger partial charge in [-0.2, -0.15) is 0 Å². The van der Waals surface area contributed by atoms with Crippen LogP contribution in [0.25, 0.3) is 6.08 Å². The molecule has 0 aliphatic rings. The van der Waals surface area contributed by atoms with Crippen molar-refractivity contribution in [2.24, 2.45) is 0 Å². The van der Waals surface area contributed by atoms with E-state index in [9.17, 15) is 9.59 Å². The normalized spacial score (nSPS) is 11.5. The summed E-state index contributed by atoms with van der Waals surface area (Å²) in [6, 6.07) is 22.0. The van der Waals surface area contributed by atoms with Crippen LogP contribution < -0.4 is 4.74 Å². The fourth-order valence-corrected chi connectivity index (χ4v) is 2.94. The molecule has 0 N–H and O–H groups in total. The maximum absolute atomic E-state index is 12.5. The Morgan fingerprint density at radius 1 is 0.833 bits per heavy atom. The number of allylic oxidation sites excluding steroid dienone is 1. The predicted octanol–water partition coefficient (Wildman–Crippen LogP) is 6.41. The SMILES string of the molecule is Cc1ccc(C(=O)C=Cc2cccc(OC(=O)c3ccc(C(C)(C)C)cc3)c2)cc1. The minimum Gasteiger partial charge on any atom is -0.423 e. The average molecular weight is 399 g/mol. The van der Waals surface area contributed by atoms with Crippen molar-refractivity contribution in [3.05, 3.63) is 107 Å². The van der Waals surface area contributed by atoms with Gasteiger partial charge in [-0.3, -0.25) is 4.79 Å². The molecule has 152 valence electrons. The van der Waals surface area contributed by atoms with Crippen molar-refractivity contribution in [3.8, 4) is 5.75 Å². The van der Waals surface area contributed by atoms with Gasteiger partial charge in [-0.05, 0) is 53.8 Å². The summed E-state index contributed by atoms with van der Waals surface area (Å²) in [5, 5.41) is 0. The van der Waals surface area contributed by atoms with Gasteiger partial charge in [0, 0.05) is 5.56 Å². The Labute approximate surface area is 178 Å². The summed E-state index contributed by atoms with van der Waals surface area (Å²) >= 11 is 0. The van der Waals surface area contributed by atoms with Gasteiger partial charge in [0.25, 0.3) is 0 Å². The summed E-state index contributed by atoms with van der Waals surface area (Å²) < 4.78 is 5.51. The largest absolute Gasteiger partial charge is 0.423 e. The molecule has 0 bridgehead atoms. The van der Waals surface area contributed by atoms with Gasteiger partial charge >= 0.3 is 5.97 Å².